The molecule has 4 heterocycles. The van der Waals surface area contributed by atoms with Gasteiger partial charge in [-0.2, -0.15) is 0 Å². The lowest BCUT2D eigenvalue weighted by Gasteiger charge is -2.27. The number of carbonyl (C=O) groups is 1. The maximum Gasteiger partial charge on any atom is 0.252 e. The topological polar surface area (TPSA) is 87.1 Å². The lowest BCUT2D eigenvalue weighted by Crippen LogP contribution is -2.32. The Balaban J connectivity index is 1.44. The predicted molar refractivity (Wildman–Crippen MR) is 107 cm³/mol. The maximum atomic E-state index is 12.8. The number of hydrogen-bond donors (Lipinski definition) is 2. The molecule has 0 unspecified atom stereocenters. The molecule has 7 nitrogen and oxygen atoms in total. The van der Waals surface area contributed by atoms with Crippen LogP contribution in [0.1, 0.15) is 62.3 Å². The van der Waals surface area contributed by atoms with Gasteiger partial charge in [0.2, 0.25) is 0 Å². The van der Waals surface area contributed by atoms with Crippen molar-refractivity contribution in [2.24, 2.45) is 0 Å². The Morgan fingerprint density at radius 2 is 2.25 bits per heavy atom. The average molecular weight is 400 g/mol. The molecule has 3 aromatic rings. The maximum absolute atomic E-state index is 12.8. The largest absolute Gasteiger partial charge is 0.361 e. The van der Waals surface area contributed by atoms with Gasteiger partial charge in [0.15, 0.2) is 0 Å². The molecule has 0 aromatic carbocycles. The minimum Gasteiger partial charge on any atom is -0.361 e. The zero-order valence-corrected chi connectivity index (χ0v) is 17.4. The van der Waals surface area contributed by atoms with E-state index < -0.39 is 0 Å². The summed E-state index contributed by atoms with van der Waals surface area (Å²) in [6.45, 7) is 10.4. The number of fused-ring (bicyclic) bond motifs is 1. The highest BCUT2D eigenvalue weighted by Crippen LogP contribution is 2.30. The van der Waals surface area contributed by atoms with Gasteiger partial charge in [-0.25, -0.2) is 4.98 Å². The summed E-state index contributed by atoms with van der Waals surface area (Å²) in [6, 6.07) is -0.156. The van der Waals surface area contributed by atoms with Crippen LogP contribution >= 0.6 is 11.3 Å². The lowest BCUT2D eigenvalue weighted by molar-refractivity contribution is 0.0937. The lowest BCUT2D eigenvalue weighted by atomic mass is 10.0. The highest BCUT2D eigenvalue weighted by Gasteiger charge is 2.26. The second-order valence-electron chi connectivity index (χ2n) is 7.46. The summed E-state index contributed by atoms with van der Waals surface area (Å²) in [4.78, 5) is 24.0. The van der Waals surface area contributed by atoms with E-state index in [1.54, 1.807) is 17.5 Å². The molecule has 0 saturated carbocycles. The van der Waals surface area contributed by atoms with Gasteiger partial charge in [0.05, 0.1) is 17.3 Å². The number of aryl methyl sites for hydroxylation is 3. The van der Waals surface area contributed by atoms with Gasteiger partial charge < -0.3 is 14.8 Å². The summed E-state index contributed by atoms with van der Waals surface area (Å²) in [6.07, 6.45) is 2.65. The van der Waals surface area contributed by atoms with Crippen molar-refractivity contribution >= 4 is 17.2 Å². The number of rotatable bonds is 5. The fourth-order valence-electron chi connectivity index (χ4n) is 3.65. The van der Waals surface area contributed by atoms with Crippen LogP contribution in [0.25, 0.3) is 0 Å². The van der Waals surface area contributed by atoms with Crippen LogP contribution in [-0.2, 0) is 19.5 Å². The van der Waals surface area contributed by atoms with E-state index in [-0.39, 0.29) is 11.9 Å². The molecular formula is C20H25N5O2S. The van der Waals surface area contributed by atoms with Gasteiger partial charge in [-0.1, -0.05) is 5.16 Å². The number of amides is 1. The minimum absolute atomic E-state index is 0.0294. The number of hydrogen-bond acceptors (Lipinski definition) is 6. The van der Waals surface area contributed by atoms with Gasteiger partial charge in [0.1, 0.15) is 11.6 Å². The summed E-state index contributed by atoms with van der Waals surface area (Å²) < 4.78 is 5.28. The molecule has 0 radical (unpaired) electrons. The van der Waals surface area contributed by atoms with Crippen LogP contribution in [0.2, 0.25) is 0 Å². The molecule has 2 N–H and O–H groups in total. The van der Waals surface area contributed by atoms with E-state index in [4.69, 9.17) is 4.52 Å². The number of aromatic amines is 1. The van der Waals surface area contributed by atoms with Crippen molar-refractivity contribution in [3.8, 4) is 0 Å². The van der Waals surface area contributed by atoms with Crippen molar-refractivity contribution in [1.82, 2.24) is 25.3 Å². The van der Waals surface area contributed by atoms with E-state index in [0.29, 0.717) is 0 Å². The Morgan fingerprint density at radius 3 is 2.93 bits per heavy atom. The molecule has 1 aliphatic rings. The first-order valence-electron chi connectivity index (χ1n) is 9.48. The number of H-pyrrole nitrogens is 1. The Hall–Kier alpha value is -2.45. The van der Waals surface area contributed by atoms with Crippen LogP contribution in [0.4, 0.5) is 0 Å². The monoisotopic (exact) mass is 399 g/mol. The summed E-state index contributed by atoms with van der Waals surface area (Å²) in [5.41, 5.74) is 5.09. The average Bonchev–Trinajstić information content (AvgIpc) is 3.36. The molecule has 4 rings (SSSR count). The van der Waals surface area contributed by atoms with Crippen LogP contribution in [-0.4, -0.2) is 32.5 Å². The summed E-state index contributed by atoms with van der Waals surface area (Å²) in [7, 11) is 0. The molecule has 0 aliphatic carbocycles. The van der Waals surface area contributed by atoms with E-state index in [2.05, 4.69) is 25.3 Å². The second-order valence-corrected chi connectivity index (χ2v) is 8.43. The molecule has 28 heavy (non-hydrogen) atoms. The predicted octanol–water partition coefficient (Wildman–Crippen LogP) is 3.43. The molecule has 0 saturated heterocycles. The van der Waals surface area contributed by atoms with Crippen LogP contribution in [0, 0.1) is 20.8 Å². The zero-order chi connectivity index (χ0) is 19.8. The summed E-state index contributed by atoms with van der Waals surface area (Å²) >= 11 is 1.67. The van der Waals surface area contributed by atoms with Gasteiger partial charge in [0, 0.05) is 47.3 Å². The van der Waals surface area contributed by atoms with Crippen molar-refractivity contribution in [3.05, 3.63) is 56.1 Å². The summed E-state index contributed by atoms with van der Waals surface area (Å²) in [5, 5.41) is 9.10. The number of imidazole rings is 1. The normalized spacial score (nSPS) is 15.4. The van der Waals surface area contributed by atoms with Crippen molar-refractivity contribution in [2.75, 3.05) is 6.54 Å². The molecule has 0 spiro atoms. The zero-order valence-electron chi connectivity index (χ0n) is 16.6. The van der Waals surface area contributed by atoms with E-state index in [9.17, 15) is 4.79 Å². The van der Waals surface area contributed by atoms with Crippen LogP contribution in [0.5, 0.6) is 0 Å². The Labute approximate surface area is 168 Å². The van der Waals surface area contributed by atoms with Gasteiger partial charge in [-0.3, -0.25) is 9.69 Å². The van der Waals surface area contributed by atoms with E-state index >= 15 is 0 Å². The smallest absolute Gasteiger partial charge is 0.252 e. The fraction of sp³-hybridized carbons (Fsp3) is 0.450. The van der Waals surface area contributed by atoms with Crippen molar-refractivity contribution < 1.29 is 9.32 Å². The molecule has 148 valence electrons. The third-order valence-corrected chi connectivity index (χ3v) is 6.33. The number of aromatic nitrogens is 3. The SMILES string of the molecule is Cc1cnc([C@H](C)NC(=O)c2csc3c2CCN(Cc2c(C)noc2C)C3)[nH]1. The third-order valence-electron chi connectivity index (χ3n) is 5.31. The quantitative estimate of drug-likeness (QED) is 0.686. The molecule has 0 fully saturated rings. The van der Waals surface area contributed by atoms with Crippen LogP contribution in [0.15, 0.2) is 16.1 Å². The molecule has 0 bridgehead atoms. The number of nitrogens with zero attached hydrogens (tertiary/aromatic N) is 3. The highest BCUT2D eigenvalue weighted by molar-refractivity contribution is 7.10. The molecule has 1 aliphatic heterocycles. The number of nitrogens with one attached hydrogen (secondary N) is 2. The van der Waals surface area contributed by atoms with E-state index in [1.165, 1.54) is 16.0 Å². The van der Waals surface area contributed by atoms with Gasteiger partial charge >= 0.3 is 0 Å². The van der Waals surface area contributed by atoms with E-state index in [0.717, 1.165) is 54.6 Å². The van der Waals surface area contributed by atoms with Crippen LogP contribution in [0.3, 0.4) is 0 Å². The molecule has 3 aromatic heterocycles. The Morgan fingerprint density at radius 1 is 1.43 bits per heavy atom. The minimum atomic E-state index is -0.156. The van der Waals surface area contributed by atoms with E-state index in [1.807, 2.05) is 33.1 Å². The molecule has 1 amide bonds. The summed E-state index contributed by atoms with van der Waals surface area (Å²) in [5.74, 6) is 1.63. The highest BCUT2D eigenvalue weighted by atomic mass is 32.1. The third kappa shape index (κ3) is 3.62. The molecule has 1 atom stereocenters. The van der Waals surface area contributed by atoms with Crippen molar-refractivity contribution in [3.63, 3.8) is 0 Å². The Bertz CT molecular complexity index is 983. The molecular weight excluding hydrogens is 374 g/mol. The van der Waals surface area contributed by atoms with Gasteiger partial charge in [-0.15, -0.1) is 11.3 Å². The molecule has 8 heteroatoms. The first-order valence-corrected chi connectivity index (χ1v) is 10.4. The first-order chi connectivity index (χ1) is 13.4. The van der Waals surface area contributed by atoms with Crippen molar-refractivity contribution in [2.45, 2.75) is 53.2 Å². The van der Waals surface area contributed by atoms with Crippen molar-refractivity contribution in [1.29, 1.82) is 0 Å². The van der Waals surface area contributed by atoms with Gasteiger partial charge in [-0.05, 0) is 39.7 Å². The number of thiophene rings is 1. The Kier molecular flexibility index (Phi) is 5.07. The second kappa shape index (κ2) is 7.52. The number of carbonyl (C=O) groups excluding carboxylic acids is 1. The standard InChI is InChI=1S/C20H25N5O2S/c1-11-7-21-19(22-11)13(3)23-20(26)17-10-28-18-9-25(6-5-15(17)18)8-16-12(2)24-27-14(16)4/h7,10,13H,5-6,8-9H2,1-4H3,(H,21,22)(H,23,26)/t13-/m0/s1. The first kappa shape index (κ1) is 18.9. The fourth-order valence-corrected chi connectivity index (χ4v) is 4.77. The van der Waals surface area contributed by atoms with Gasteiger partial charge in [0.25, 0.3) is 5.91 Å². The van der Waals surface area contributed by atoms with Crippen LogP contribution < -0.4 is 5.32 Å².